The molecule has 1 aliphatic carbocycles. The van der Waals surface area contributed by atoms with Crippen molar-refractivity contribution in [2.24, 2.45) is 11.7 Å². The molecule has 2 N–H and O–H groups in total. The number of benzene rings is 1. The van der Waals surface area contributed by atoms with Crippen LogP contribution in [0.1, 0.15) is 38.2 Å². The van der Waals surface area contributed by atoms with Gasteiger partial charge in [-0.25, -0.2) is 4.39 Å². The monoisotopic (exact) mass is 290 g/mol. The number of amides is 1. The van der Waals surface area contributed by atoms with E-state index in [2.05, 4.69) is 6.92 Å². The average molecular weight is 290 g/mol. The highest BCUT2D eigenvalue weighted by Crippen LogP contribution is 2.51. The van der Waals surface area contributed by atoms with Gasteiger partial charge in [-0.3, -0.25) is 4.79 Å². The summed E-state index contributed by atoms with van der Waals surface area (Å²) in [6.07, 6.45) is 3.63. The number of nitrogens with zero attached hydrogens (tertiary/aromatic N) is 1. The van der Waals surface area contributed by atoms with Gasteiger partial charge in [-0.05, 0) is 31.2 Å². The molecule has 4 heteroatoms. The molecule has 1 aromatic rings. The van der Waals surface area contributed by atoms with Crippen LogP contribution in [0.25, 0.3) is 0 Å². The lowest BCUT2D eigenvalue weighted by molar-refractivity contribution is -0.133. The molecule has 0 bridgehead atoms. The summed E-state index contributed by atoms with van der Waals surface area (Å²) in [6.45, 7) is 3.47. The molecule has 1 aliphatic heterocycles. The highest BCUT2D eigenvalue weighted by atomic mass is 19.1. The lowest BCUT2D eigenvalue weighted by Gasteiger charge is -2.24. The maximum Gasteiger partial charge on any atom is 0.233 e. The van der Waals surface area contributed by atoms with Crippen molar-refractivity contribution in [2.75, 3.05) is 13.1 Å². The quantitative estimate of drug-likeness (QED) is 0.926. The molecule has 114 valence electrons. The van der Waals surface area contributed by atoms with Gasteiger partial charge in [0, 0.05) is 24.7 Å². The van der Waals surface area contributed by atoms with Crippen molar-refractivity contribution in [3.8, 4) is 0 Å². The molecule has 1 saturated heterocycles. The first kappa shape index (κ1) is 14.5. The second-order valence-corrected chi connectivity index (χ2v) is 6.48. The lowest BCUT2D eigenvalue weighted by atomic mass is 9.93. The Morgan fingerprint density at radius 3 is 2.71 bits per heavy atom. The average Bonchev–Trinajstić information content (AvgIpc) is 3.19. The van der Waals surface area contributed by atoms with E-state index in [0.29, 0.717) is 18.0 Å². The van der Waals surface area contributed by atoms with Crippen LogP contribution in [0.5, 0.6) is 0 Å². The van der Waals surface area contributed by atoms with E-state index in [-0.39, 0.29) is 17.8 Å². The number of carbonyl (C=O) groups excluding carboxylic acids is 1. The summed E-state index contributed by atoms with van der Waals surface area (Å²) >= 11 is 0. The number of hydrogen-bond acceptors (Lipinski definition) is 2. The lowest BCUT2D eigenvalue weighted by Crippen LogP contribution is -2.39. The van der Waals surface area contributed by atoms with Crippen molar-refractivity contribution >= 4 is 5.91 Å². The summed E-state index contributed by atoms with van der Waals surface area (Å²) in [4.78, 5) is 14.7. The molecule has 0 aromatic heterocycles. The van der Waals surface area contributed by atoms with Crippen LogP contribution < -0.4 is 5.73 Å². The predicted molar refractivity (Wildman–Crippen MR) is 80.3 cm³/mol. The Bertz CT molecular complexity index is 541. The molecule has 0 spiro atoms. The molecule has 1 saturated carbocycles. The Balaban J connectivity index is 1.79. The van der Waals surface area contributed by atoms with Gasteiger partial charge in [0.25, 0.3) is 0 Å². The molecule has 2 fully saturated rings. The van der Waals surface area contributed by atoms with E-state index in [1.807, 2.05) is 4.90 Å². The van der Waals surface area contributed by atoms with Crippen molar-refractivity contribution in [1.29, 1.82) is 0 Å². The van der Waals surface area contributed by atoms with E-state index in [0.717, 1.165) is 32.2 Å². The first-order valence-electron chi connectivity index (χ1n) is 7.88. The molecular weight excluding hydrogens is 267 g/mol. The minimum absolute atomic E-state index is 0.0605. The van der Waals surface area contributed by atoms with Crippen LogP contribution in [-0.4, -0.2) is 29.9 Å². The predicted octanol–water partition coefficient (Wildman–Crippen LogP) is 2.44. The molecule has 3 nitrogen and oxygen atoms in total. The SMILES string of the molecule is CCC[C@@H]1CN(C(=O)C2(c3ccccc3F)CC2)C[C@H]1N. The molecule has 21 heavy (non-hydrogen) atoms. The van der Waals surface area contributed by atoms with Gasteiger partial charge >= 0.3 is 0 Å². The third-order valence-corrected chi connectivity index (χ3v) is 4.99. The fourth-order valence-electron chi connectivity index (χ4n) is 3.61. The van der Waals surface area contributed by atoms with Gasteiger partial charge in [-0.2, -0.15) is 0 Å². The largest absolute Gasteiger partial charge is 0.340 e. The molecule has 1 amide bonds. The molecule has 0 unspecified atom stereocenters. The molecule has 2 atom stereocenters. The molecular formula is C17H23FN2O. The van der Waals surface area contributed by atoms with E-state index in [9.17, 15) is 9.18 Å². The van der Waals surface area contributed by atoms with Gasteiger partial charge in [-0.1, -0.05) is 31.5 Å². The normalized spacial score (nSPS) is 26.9. The van der Waals surface area contributed by atoms with Crippen molar-refractivity contribution in [3.63, 3.8) is 0 Å². The first-order valence-corrected chi connectivity index (χ1v) is 7.88. The smallest absolute Gasteiger partial charge is 0.233 e. The zero-order valence-electron chi connectivity index (χ0n) is 12.5. The standard InChI is InChI=1S/C17H23FN2O/c1-2-5-12-10-20(11-15(12)19)16(21)17(8-9-17)13-6-3-4-7-14(13)18/h3-4,6-7,12,15H,2,5,8-11,19H2,1H3/t12-,15-/m1/s1. The van der Waals surface area contributed by atoms with Crippen molar-refractivity contribution in [1.82, 2.24) is 4.90 Å². The Kier molecular flexibility index (Phi) is 3.74. The highest BCUT2D eigenvalue weighted by Gasteiger charge is 2.55. The van der Waals surface area contributed by atoms with E-state index in [1.165, 1.54) is 6.07 Å². The fourth-order valence-corrected chi connectivity index (χ4v) is 3.61. The third kappa shape index (κ3) is 2.46. The molecule has 2 aliphatic rings. The summed E-state index contributed by atoms with van der Waals surface area (Å²) in [5.41, 5.74) is 6.10. The van der Waals surface area contributed by atoms with Crippen molar-refractivity contribution in [3.05, 3.63) is 35.6 Å². The number of nitrogens with two attached hydrogens (primary N) is 1. The number of rotatable bonds is 4. The second-order valence-electron chi connectivity index (χ2n) is 6.48. The van der Waals surface area contributed by atoms with Gasteiger partial charge in [0.15, 0.2) is 0 Å². The van der Waals surface area contributed by atoms with Gasteiger partial charge < -0.3 is 10.6 Å². The number of hydrogen-bond donors (Lipinski definition) is 1. The van der Waals surface area contributed by atoms with Crippen molar-refractivity contribution < 1.29 is 9.18 Å². The van der Waals surface area contributed by atoms with Gasteiger partial charge in [0.05, 0.1) is 5.41 Å². The second kappa shape index (κ2) is 5.41. The summed E-state index contributed by atoms with van der Waals surface area (Å²) in [5.74, 6) is 0.189. The van der Waals surface area contributed by atoms with Gasteiger partial charge in [0.1, 0.15) is 5.82 Å². The highest BCUT2D eigenvalue weighted by molar-refractivity contribution is 5.91. The summed E-state index contributed by atoms with van der Waals surface area (Å²) in [7, 11) is 0. The van der Waals surface area contributed by atoms with Gasteiger partial charge in [0.2, 0.25) is 5.91 Å². The van der Waals surface area contributed by atoms with Crippen LogP contribution in [0.2, 0.25) is 0 Å². The summed E-state index contributed by atoms with van der Waals surface area (Å²) in [5, 5.41) is 0. The first-order chi connectivity index (χ1) is 10.1. The Labute approximate surface area is 125 Å². The number of carbonyl (C=O) groups is 1. The van der Waals surface area contributed by atoms with Crippen LogP contribution in [0.3, 0.4) is 0 Å². The minimum Gasteiger partial charge on any atom is -0.340 e. The van der Waals surface area contributed by atoms with Gasteiger partial charge in [-0.15, -0.1) is 0 Å². The molecule has 3 rings (SSSR count). The van der Waals surface area contributed by atoms with Crippen LogP contribution in [0.15, 0.2) is 24.3 Å². The molecule has 1 aromatic carbocycles. The number of likely N-dealkylation sites (tertiary alicyclic amines) is 1. The maximum atomic E-state index is 14.1. The Morgan fingerprint density at radius 2 is 2.10 bits per heavy atom. The Hall–Kier alpha value is -1.42. The maximum absolute atomic E-state index is 14.1. The fraction of sp³-hybridized carbons (Fsp3) is 0.588. The number of halogens is 1. The van der Waals surface area contributed by atoms with Crippen LogP contribution >= 0.6 is 0 Å². The molecule has 0 radical (unpaired) electrons. The van der Waals surface area contributed by atoms with Crippen molar-refractivity contribution in [2.45, 2.75) is 44.1 Å². The summed E-state index contributed by atoms with van der Waals surface area (Å²) < 4.78 is 14.1. The zero-order valence-corrected chi connectivity index (χ0v) is 12.5. The summed E-state index contributed by atoms with van der Waals surface area (Å²) in [6, 6.07) is 6.73. The third-order valence-electron chi connectivity index (χ3n) is 4.99. The van der Waals surface area contributed by atoms with E-state index in [4.69, 9.17) is 5.73 Å². The van der Waals surface area contributed by atoms with Crippen LogP contribution in [0.4, 0.5) is 4.39 Å². The Morgan fingerprint density at radius 1 is 1.38 bits per heavy atom. The minimum atomic E-state index is -0.619. The zero-order chi connectivity index (χ0) is 15.0. The topological polar surface area (TPSA) is 46.3 Å². The molecule has 1 heterocycles. The van der Waals surface area contributed by atoms with Crippen LogP contribution in [-0.2, 0) is 10.2 Å². The van der Waals surface area contributed by atoms with E-state index < -0.39 is 5.41 Å². The van der Waals surface area contributed by atoms with Crippen LogP contribution in [0, 0.1) is 11.7 Å². The van der Waals surface area contributed by atoms with E-state index >= 15 is 0 Å². The van der Waals surface area contributed by atoms with E-state index in [1.54, 1.807) is 18.2 Å².